The van der Waals surface area contributed by atoms with Gasteiger partial charge in [0.15, 0.2) is 0 Å². The summed E-state index contributed by atoms with van der Waals surface area (Å²) >= 11 is 0. The summed E-state index contributed by atoms with van der Waals surface area (Å²) in [5, 5.41) is 7.12. The zero-order chi connectivity index (χ0) is 20.4. The van der Waals surface area contributed by atoms with Crippen LogP contribution in [0.5, 0.6) is 0 Å². The lowest BCUT2D eigenvalue weighted by Gasteiger charge is -2.48. The first kappa shape index (κ1) is 19.5. The Labute approximate surface area is 170 Å². The average Bonchev–Trinajstić information content (AvgIpc) is 3.21. The molecule has 29 heavy (non-hydrogen) atoms. The number of hydrogen-bond acceptors (Lipinski definition) is 5. The van der Waals surface area contributed by atoms with Gasteiger partial charge < -0.3 is 9.80 Å². The fourth-order valence-corrected chi connectivity index (χ4v) is 4.47. The van der Waals surface area contributed by atoms with Crippen molar-refractivity contribution in [2.75, 3.05) is 19.6 Å². The van der Waals surface area contributed by atoms with E-state index in [9.17, 15) is 9.59 Å². The summed E-state index contributed by atoms with van der Waals surface area (Å²) in [6, 6.07) is 1.84. The number of piperidine rings is 2. The maximum Gasteiger partial charge on any atom is 0.274 e. The minimum Gasteiger partial charge on any atom is -0.337 e. The maximum atomic E-state index is 13.0. The van der Waals surface area contributed by atoms with Crippen LogP contribution < -0.4 is 0 Å². The van der Waals surface area contributed by atoms with Crippen LogP contribution in [0.2, 0.25) is 0 Å². The van der Waals surface area contributed by atoms with Crippen LogP contribution in [0.4, 0.5) is 0 Å². The molecule has 0 aliphatic carbocycles. The van der Waals surface area contributed by atoms with Gasteiger partial charge in [-0.2, -0.15) is 5.10 Å². The molecule has 2 aliphatic heterocycles. The number of aryl methyl sites for hydroxylation is 2. The molecule has 2 saturated heterocycles. The van der Waals surface area contributed by atoms with Gasteiger partial charge in [-0.3, -0.25) is 24.7 Å². The fraction of sp³-hybridized carbons (Fsp3) is 0.571. The van der Waals surface area contributed by atoms with E-state index < -0.39 is 0 Å². The summed E-state index contributed by atoms with van der Waals surface area (Å²) in [6.45, 7) is 6.47. The zero-order valence-corrected chi connectivity index (χ0v) is 17.1. The van der Waals surface area contributed by atoms with Gasteiger partial charge in [-0.15, -0.1) is 0 Å². The summed E-state index contributed by atoms with van der Waals surface area (Å²) in [7, 11) is 0. The number of aromatic nitrogens is 4. The Hall–Kier alpha value is -2.77. The van der Waals surface area contributed by atoms with E-state index >= 15 is 0 Å². The van der Waals surface area contributed by atoms with Gasteiger partial charge in [0.05, 0.1) is 24.1 Å². The molecule has 4 heterocycles. The molecule has 1 spiro atoms. The Morgan fingerprint density at radius 1 is 1.24 bits per heavy atom. The summed E-state index contributed by atoms with van der Waals surface area (Å²) in [4.78, 5) is 38.0. The molecular formula is C21H28N6O2. The number of likely N-dealkylation sites (tertiary alicyclic amines) is 2. The second kappa shape index (κ2) is 7.93. The van der Waals surface area contributed by atoms with E-state index in [0.717, 1.165) is 49.3 Å². The van der Waals surface area contributed by atoms with Crippen molar-refractivity contribution in [1.82, 2.24) is 30.0 Å². The van der Waals surface area contributed by atoms with E-state index in [-0.39, 0.29) is 17.2 Å². The molecule has 4 rings (SSSR count). The minimum atomic E-state index is -0.0517. The third-order valence-corrected chi connectivity index (χ3v) is 6.11. The maximum absolute atomic E-state index is 13.0. The minimum absolute atomic E-state index is 0.0205. The van der Waals surface area contributed by atoms with E-state index in [1.54, 1.807) is 12.4 Å². The summed E-state index contributed by atoms with van der Waals surface area (Å²) < 4.78 is 0. The smallest absolute Gasteiger partial charge is 0.274 e. The molecule has 8 nitrogen and oxygen atoms in total. The highest BCUT2D eigenvalue weighted by atomic mass is 16.2. The number of aromatic amines is 1. The quantitative estimate of drug-likeness (QED) is 0.854. The van der Waals surface area contributed by atoms with Crippen LogP contribution >= 0.6 is 0 Å². The summed E-state index contributed by atoms with van der Waals surface area (Å²) in [5.41, 5.74) is 3.06. The molecule has 2 aromatic heterocycles. The van der Waals surface area contributed by atoms with E-state index in [4.69, 9.17) is 0 Å². The second-order valence-corrected chi connectivity index (χ2v) is 8.36. The van der Waals surface area contributed by atoms with Crippen LogP contribution in [-0.2, 0) is 17.8 Å². The van der Waals surface area contributed by atoms with Crippen molar-refractivity contribution in [2.24, 2.45) is 5.41 Å². The Balaban J connectivity index is 1.47. The van der Waals surface area contributed by atoms with E-state index in [2.05, 4.69) is 20.2 Å². The third-order valence-electron chi connectivity index (χ3n) is 6.11. The van der Waals surface area contributed by atoms with Gasteiger partial charge in [-0.1, -0.05) is 6.92 Å². The molecule has 2 fully saturated rings. The number of nitrogens with one attached hydrogen (secondary N) is 1. The molecule has 2 aliphatic rings. The van der Waals surface area contributed by atoms with Crippen LogP contribution in [0.1, 0.15) is 60.2 Å². The molecule has 1 unspecified atom stereocenters. The van der Waals surface area contributed by atoms with Crippen LogP contribution in [0.15, 0.2) is 18.5 Å². The molecule has 0 aromatic carbocycles. The lowest BCUT2D eigenvalue weighted by Crippen LogP contribution is -2.54. The number of nitrogens with zero attached hydrogens (tertiary/aromatic N) is 5. The Morgan fingerprint density at radius 2 is 2.10 bits per heavy atom. The second-order valence-electron chi connectivity index (χ2n) is 8.36. The van der Waals surface area contributed by atoms with Crippen LogP contribution in [0.25, 0.3) is 0 Å². The number of H-pyrrole nitrogens is 1. The van der Waals surface area contributed by atoms with E-state index in [1.807, 2.05) is 29.7 Å². The van der Waals surface area contributed by atoms with Gasteiger partial charge in [0.2, 0.25) is 5.91 Å². The van der Waals surface area contributed by atoms with Gasteiger partial charge in [0.25, 0.3) is 5.91 Å². The van der Waals surface area contributed by atoms with Gasteiger partial charge in [0.1, 0.15) is 5.69 Å². The Kier molecular flexibility index (Phi) is 5.34. The van der Waals surface area contributed by atoms with Gasteiger partial charge in [-0.25, -0.2) is 0 Å². The Bertz CT molecular complexity index is 893. The largest absolute Gasteiger partial charge is 0.337 e. The molecule has 154 valence electrons. The van der Waals surface area contributed by atoms with Crippen molar-refractivity contribution in [1.29, 1.82) is 0 Å². The third kappa shape index (κ3) is 4.16. The van der Waals surface area contributed by atoms with E-state index in [1.165, 1.54) is 0 Å². The first-order chi connectivity index (χ1) is 14.0. The SMILES string of the molecule is CCc1cc(C(=O)N2CCCC3(CCC(=O)N(Cc4cnc(C)cn4)C3)C2)n[nH]1. The van der Waals surface area contributed by atoms with Crippen LogP contribution in [-0.4, -0.2) is 61.4 Å². The summed E-state index contributed by atoms with van der Waals surface area (Å²) in [6.07, 6.45) is 7.61. The van der Waals surface area contributed by atoms with E-state index in [0.29, 0.717) is 31.7 Å². The highest BCUT2D eigenvalue weighted by Crippen LogP contribution is 2.39. The topological polar surface area (TPSA) is 95.1 Å². The molecule has 2 amide bonds. The molecule has 0 saturated carbocycles. The molecule has 2 aromatic rings. The molecule has 1 atom stereocenters. The zero-order valence-electron chi connectivity index (χ0n) is 17.1. The predicted octanol–water partition coefficient (Wildman–Crippen LogP) is 2.12. The van der Waals surface area contributed by atoms with Gasteiger partial charge in [-0.05, 0) is 38.7 Å². The number of carbonyl (C=O) groups is 2. The molecule has 1 N–H and O–H groups in total. The molecule has 8 heteroatoms. The lowest BCUT2D eigenvalue weighted by atomic mass is 9.73. The van der Waals surface area contributed by atoms with Crippen molar-refractivity contribution in [2.45, 2.75) is 52.5 Å². The van der Waals surface area contributed by atoms with Crippen molar-refractivity contribution in [3.8, 4) is 0 Å². The first-order valence-electron chi connectivity index (χ1n) is 10.4. The van der Waals surface area contributed by atoms with Gasteiger partial charge >= 0.3 is 0 Å². The lowest BCUT2D eigenvalue weighted by molar-refractivity contribution is -0.139. The molecular weight excluding hydrogens is 368 g/mol. The first-order valence-corrected chi connectivity index (χ1v) is 10.4. The van der Waals surface area contributed by atoms with Gasteiger partial charge in [0, 0.05) is 43.4 Å². The molecule has 0 bridgehead atoms. The number of hydrogen-bond donors (Lipinski definition) is 1. The standard InChI is InChI=1S/C21H28N6O2/c1-3-16-9-18(25-24-16)20(29)26-8-4-6-21(13-26)7-5-19(28)27(14-21)12-17-11-22-15(2)10-23-17/h9-11H,3-8,12-14H2,1-2H3,(H,24,25). The summed E-state index contributed by atoms with van der Waals surface area (Å²) in [5.74, 6) is 0.134. The monoisotopic (exact) mass is 396 g/mol. The average molecular weight is 396 g/mol. The Morgan fingerprint density at radius 3 is 2.83 bits per heavy atom. The normalized spacial score (nSPS) is 22.3. The number of amides is 2. The van der Waals surface area contributed by atoms with Crippen molar-refractivity contribution in [3.63, 3.8) is 0 Å². The predicted molar refractivity (Wildman–Crippen MR) is 107 cm³/mol. The van der Waals surface area contributed by atoms with Crippen LogP contribution in [0.3, 0.4) is 0 Å². The highest BCUT2D eigenvalue weighted by Gasteiger charge is 2.43. The van der Waals surface area contributed by atoms with Crippen molar-refractivity contribution in [3.05, 3.63) is 41.2 Å². The number of carbonyl (C=O) groups excluding carboxylic acids is 2. The number of rotatable bonds is 4. The fourth-order valence-electron chi connectivity index (χ4n) is 4.47. The van der Waals surface area contributed by atoms with Crippen LogP contribution in [0, 0.1) is 12.3 Å². The highest BCUT2D eigenvalue weighted by molar-refractivity contribution is 5.92. The van der Waals surface area contributed by atoms with Crippen molar-refractivity contribution < 1.29 is 9.59 Å². The van der Waals surface area contributed by atoms with Crippen molar-refractivity contribution >= 4 is 11.8 Å². The molecule has 0 radical (unpaired) electrons.